The summed E-state index contributed by atoms with van der Waals surface area (Å²) >= 11 is 0. The number of fused-ring (bicyclic) bond motifs is 1. The zero-order valence-electron chi connectivity index (χ0n) is 19.3. The fraction of sp³-hybridized carbons (Fsp3) is 0.296. The number of aryl methyl sites for hydroxylation is 4. The molecule has 0 spiro atoms. The molecule has 0 aliphatic carbocycles. The van der Waals surface area contributed by atoms with Crippen molar-refractivity contribution in [2.75, 3.05) is 4.72 Å². The van der Waals surface area contributed by atoms with Crippen LogP contribution >= 0.6 is 0 Å². The SMILES string of the molecule is CCCc1ccc(S(=O)(=O)Nc2ccc(CCc3nc4ccccc4n3CCC)cc2)cc1. The standard InChI is InChI=1S/C27H31N3O2S/c1-3-7-21-12-17-24(18-13-21)33(31,32)29-23-15-10-22(11-16-23)14-19-27-28-25-8-5-6-9-26(25)30(27)20-4-2/h5-6,8-13,15-18,29H,3-4,7,14,19-20H2,1-2H3. The lowest BCUT2D eigenvalue weighted by Gasteiger charge is -2.10. The van der Waals surface area contributed by atoms with Gasteiger partial charge in [-0.2, -0.15) is 0 Å². The third-order valence-electron chi connectivity index (χ3n) is 5.80. The molecule has 3 aromatic carbocycles. The Bertz CT molecular complexity index is 1310. The molecule has 1 N–H and O–H groups in total. The van der Waals surface area contributed by atoms with Crippen LogP contribution < -0.4 is 4.72 Å². The van der Waals surface area contributed by atoms with Crippen LogP contribution in [0.4, 0.5) is 5.69 Å². The van der Waals surface area contributed by atoms with E-state index in [2.05, 4.69) is 41.3 Å². The Kier molecular flexibility index (Phi) is 7.14. The molecule has 172 valence electrons. The van der Waals surface area contributed by atoms with Crippen LogP contribution in [0.15, 0.2) is 77.7 Å². The van der Waals surface area contributed by atoms with Crippen LogP contribution in [-0.4, -0.2) is 18.0 Å². The Balaban J connectivity index is 1.42. The largest absolute Gasteiger partial charge is 0.328 e. The van der Waals surface area contributed by atoms with E-state index >= 15 is 0 Å². The van der Waals surface area contributed by atoms with Gasteiger partial charge < -0.3 is 4.57 Å². The Morgan fingerprint density at radius 1 is 0.788 bits per heavy atom. The average molecular weight is 462 g/mol. The van der Waals surface area contributed by atoms with E-state index in [1.807, 2.05) is 42.5 Å². The smallest absolute Gasteiger partial charge is 0.261 e. The number of benzene rings is 3. The molecule has 0 amide bonds. The van der Waals surface area contributed by atoms with E-state index < -0.39 is 10.0 Å². The number of nitrogens with one attached hydrogen (secondary N) is 1. The molecule has 33 heavy (non-hydrogen) atoms. The molecule has 0 atom stereocenters. The van der Waals surface area contributed by atoms with E-state index in [0.29, 0.717) is 5.69 Å². The normalized spacial score (nSPS) is 11.7. The second-order valence-corrected chi connectivity index (χ2v) is 10.0. The highest BCUT2D eigenvalue weighted by Crippen LogP contribution is 2.20. The maximum absolute atomic E-state index is 12.7. The predicted octanol–water partition coefficient (Wildman–Crippen LogP) is 5.98. The summed E-state index contributed by atoms with van der Waals surface area (Å²) < 4.78 is 30.5. The van der Waals surface area contributed by atoms with Crippen molar-refractivity contribution in [2.24, 2.45) is 0 Å². The summed E-state index contributed by atoms with van der Waals surface area (Å²) in [7, 11) is -3.60. The van der Waals surface area contributed by atoms with Gasteiger partial charge in [-0.1, -0.05) is 56.7 Å². The predicted molar refractivity (Wildman–Crippen MR) is 135 cm³/mol. The van der Waals surface area contributed by atoms with Gasteiger partial charge in [-0.05, 0) is 66.8 Å². The third kappa shape index (κ3) is 5.45. The second-order valence-electron chi connectivity index (χ2n) is 8.36. The third-order valence-corrected chi connectivity index (χ3v) is 7.19. The zero-order valence-corrected chi connectivity index (χ0v) is 20.1. The fourth-order valence-electron chi connectivity index (χ4n) is 4.12. The van der Waals surface area contributed by atoms with E-state index in [-0.39, 0.29) is 4.90 Å². The lowest BCUT2D eigenvalue weighted by Crippen LogP contribution is -2.13. The van der Waals surface area contributed by atoms with Crippen LogP contribution in [0.2, 0.25) is 0 Å². The molecule has 4 rings (SSSR count). The molecular formula is C27H31N3O2S. The summed E-state index contributed by atoms with van der Waals surface area (Å²) in [6, 6.07) is 23.0. The minimum Gasteiger partial charge on any atom is -0.328 e. The summed E-state index contributed by atoms with van der Waals surface area (Å²) in [6.07, 6.45) is 4.73. The van der Waals surface area contributed by atoms with Gasteiger partial charge in [0.15, 0.2) is 0 Å². The second kappa shape index (κ2) is 10.2. The van der Waals surface area contributed by atoms with Crippen molar-refractivity contribution in [3.63, 3.8) is 0 Å². The van der Waals surface area contributed by atoms with Crippen LogP contribution in [0.5, 0.6) is 0 Å². The van der Waals surface area contributed by atoms with Gasteiger partial charge in [0, 0.05) is 18.7 Å². The molecule has 0 saturated carbocycles. The minimum atomic E-state index is -3.60. The molecular weight excluding hydrogens is 430 g/mol. The number of imidazole rings is 1. The first-order chi connectivity index (χ1) is 16.0. The fourth-order valence-corrected chi connectivity index (χ4v) is 5.18. The maximum atomic E-state index is 12.7. The monoisotopic (exact) mass is 461 g/mol. The highest BCUT2D eigenvalue weighted by atomic mass is 32.2. The first-order valence-corrected chi connectivity index (χ1v) is 13.1. The minimum absolute atomic E-state index is 0.279. The molecule has 0 aliphatic heterocycles. The lowest BCUT2D eigenvalue weighted by atomic mass is 10.1. The average Bonchev–Trinajstić information content (AvgIpc) is 3.17. The van der Waals surface area contributed by atoms with Gasteiger partial charge in [0.05, 0.1) is 15.9 Å². The summed E-state index contributed by atoms with van der Waals surface area (Å²) in [5, 5.41) is 0. The number of anilines is 1. The molecule has 0 unspecified atom stereocenters. The topological polar surface area (TPSA) is 64.0 Å². The van der Waals surface area contributed by atoms with Crippen LogP contribution in [0, 0.1) is 0 Å². The van der Waals surface area contributed by atoms with Crippen molar-refractivity contribution in [2.45, 2.75) is 57.4 Å². The van der Waals surface area contributed by atoms with Gasteiger partial charge in [0.2, 0.25) is 0 Å². The molecule has 0 bridgehead atoms. The van der Waals surface area contributed by atoms with Crippen molar-refractivity contribution in [3.05, 3.63) is 89.7 Å². The van der Waals surface area contributed by atoms with E-state index in [4.69, 9.17) is 4.98 Å². The first-order valence-electron chi connectivity index (χ1n) is 11.6. The van der Waals surface area contributed by atoms with Gasteiger partial charge in [-0.25, -0.2) is 13.4 Å². The Labute approximate surface area is 196 Å². The highest BCUT2D eigenvalue weighted by Gasteiger charge is 2.14. The Hall–Kier alpha value is -3.12. The molecule has 0 saturated heterocycles. The molecule has 0 radical (unpaired) electrons. The first kappa shape index (κ1) is 23.1. The van der Waals surface area contributed by atoms with E-state index in [1.165, 1.54) is 5.52 Å². The molecule has 1 heterocycles. The van der Waals surface area contributed by atoms with Crippen molar-refractivity contribution >= 4 is 26.7 Å². The number of para-hydroxylation sites is 2. The summed E-state index contributed by atoms with van der Waals surface area (Å²) in [5.74, 6) is 1.09. The lowest BCUT2D eigenvalue weighted by molar-refractivity contribution is 0.601. The van der Waals surface area contributed by atoms with Crippen molar-refractivity contribution in [1.82, 2.24) is 9.55 Å². The zero-order chi connectivity index (χ0) is 23.3. The van der Waals surface area contributed by atoms with Crippen LogP contribution in [-0.2, 0) is 35.8 Å². The van der Waals surface area contributed by atoms with Crippen molar-refractivity contribution in [3.8, 4) is 0 Å². The number of aromatic nitrogens is 2. The van der Waals surface area contributed by atoms with Gasteiger partial charge >= 0.3 is 0 Å². The van der Waals surface area contributed by atoms with Crippen molar-refractivity contribution in [1.29, 1.82) is 0 Å². The number of sulfonamides is 1. The number of nitrogens with zero attached hydrogens (tertiary/aromatic N) is 2. The number of hydrogen-bond acceptors (Lipinski definition) is 3. The highest BCUT2D eigenvalue weighted by molar-refractivity contribution is 7.92. The quantitative estimate of drug-likeness (QED) is 0.316. The molecule has 0 fully saturated rings. The van der Waals surface area contributed by atoms with Crippen LogP contribution in [0.3, 0.4) is 0 Å². The van der Waals surface area contributed by atoms with Gasteiger partial charge in [0.1, 0.15) is 5.82 Å². The molecule has 0 aliphatic rings. The van der Waals surface area contributed by atoms with Crippen LogP contribution in [0.25, 0.3) is 11.0 Å². The Morgan fingerprint density at radius 2 is 1.45 bits per heavy atom. The van der Waals surface area contributed by atoms with E-state index in [0.717, 1.165) is 61.1 Å². The Morgan fingerprint density at radius 3 is 2.15 bits per heavy atom. The van der Waals surface area contributed by atoms with Crippen molar-refractivity contribution < 1.29 is 8.42 Å². The molecule has 4 aromatic rings. The number of hydrogen-bond donors (Lipinski definition) is 1. The van der Waals surface area contributed by atoms with E-state index in [1.54, 1.807) is 12.1 Å². The molecule has 5 nitrogen and oxygen atoms in total. The summed E-state index contributed by atoms with van der Waals surface area (Å²) in [6.45, 7) is 5.24. The van der Waals surface area contributed by atoms with Crippen LogP contribution in [0.1, 0.15) is 43.6 Å². The summed E-state index contributed by atoms with van der Waals surface area (Å²) in [4.78, 5) is 5.11. The van der Waals surface area contributed by atoms with Gasteiger partial charge in [-0.3, -0.25) is 4.72 Å². The molecule has 1 aromatic heterocycles. The van der Waals surface area contributed by atoms with Gasteiger partial charge in [0.25, 0.3) is 10.0 Å². The molecule has 6 heteroatoms. The summed E-state index contributed by atoms with van der Waals surface area (Å²) in [5.41, 5.74) is 5.08. The van der Waals surface area contributed by atoms with Gasteiger partial charge in [-0.15, -0.1) is 0 Å². The van der Waals surface area contributed by atoms with E-state index in [9.17, 15) is 8.42 Å². The number of rotatable bonds is 10. The maximum Gasteiger partial charge on any atom is 0.261 e.